The molecule has 1 fully saturated rings. The lowest BCUT2D eigenvalue weighted by Gasteiger charge is -2.15. The number of benzene rings is 2. The van der Waals surface area contributed by atoms with Gasteiger partial charge in [0, 0.05) is 43.7 Å². The quantitative estimate of drug-likeness (QED) is 0.461. The molecule has 4 aromatic rings. The summed E-state index contributed by atoms with van der Waals surface area (Å²) < 4.78 is 26.9. The predicted molar refractivity (Wildman–Crippen MR) is 121 cm³/mol. The lowest BCUT2D eigenvalue weighted by atomic mass is 10.1. The molecule has 1 atom stereocenters. The Morgan fingerprint density at radius 2 is 2.06 bits per heavy atom. The Balaban J connectivity index is 1.22. The third-order valence-corrected chi connectivity index (χ3v) is 6.24. The van der Waals surface area contributed by atoms with Crippen molar-refractivity contribution in [2.75, 3.05) is 20.2 Å². The van der Waals surface area contributed by atoms with Crippen LogP contribution in [0.5, 0.6) is 11.5 Å². The molecule has 7 heteroatoms. The minimum absolute atomic E-state index is 0.253. The monoisotopic (exact) mass is 434 g/mol. The summed E-state index contributed by atoms with van der Waals surface area (Å²) in [6, 6.07) is 14.7. The summed E-state index contributed by atoms with van der Waals surface area (Å²) in [6.45, 7) is 3.17. The molecule has 5 rings (SSSR count). The molecule has 1 saturated heterocycles. The third kappa shape index (κ3) is 4.08. The van der Waals surface area contributed by atoms with Crippen LogP contribution in [0.15, 0.2) is 54.7 Å². The smallest absolute Gasteiger partial charge is 0.165 e. The number of halogens is 1. The van der Waals surface area contributed by atoms with Crippen LogP contribution in [0.2, 0.25) is 0 Å². The zero-order valence-electron chi connectivity index (χ0n) is 18.3. The molecule has 2 aromatic carbocycles. The molecule has 0 unspecified atom stereocenters. The summed E-state index contributed by atoms with van der Waals surface area (Å²) in [5, 5.41) is 8.82. The molecule has 32 heavy (non-hydrogen) atoms. The lowest BCUT2D eigenvalue weighted by Crippen LogP contribution is -2.19. The highest BCUT2D eigenvalue weighted by atomic mass is 19.1. The van der Waals surface area contributed by atoms with Crippen molar-refractivity contribution in [2.45, 2.75) is 25.5 Å². The third-order valence-electron chi connectivity index (χ3n) is 6.24. The van der Waals surface area contributed by atoms with Crippen molar-refractivity contribution in [3.63, 3.8) is 0 Å². The van der Waals surface area contributed by atoms with E-state index >= 15 is 0 Å². The van der Waals surface area contributed by atoms with E-state index in [-0.39, 0.29) is 18.2 Å². The van der Waals surface area contributed by atoms with E-state index < -0.39 is 0 Å². The number of aromatic amines is 1. The van der Waals surface area contributed by atoms with E-state index in [1.165, 1.54) is 22.5 Å². The fraction of sp³-hybridized carbons (Fsp3) is 0.320. The Bertz CT molecular complexity index is 1230. The number of aromatic nitrogens is 3. The largest absolute Gasteiger partial charge is 0.497 e. The number of hydrogen-bond acceptors (Lipinski definition) is 4. The minimum Gasteiger partial charge on any atom is -0.497 e. The topological polar surface area (TPSA) is 55.3 Å². The van der Waals surface area contributed by atoms with Gasteiger partial charge in [-0.1, -0.05) is 12.1 Å². The minimum atomic E-state index is -0.356. The Kier molecular flexibility index (Phi) is 5.57. The first-order valence-corrected chi connectivity index (χ1v) is 10.9. The van der Waals surface area contributed by atoms with Gasteiger partial charge in [-0.15, -0.1) is 0 Å². The molecule has 1 aliphatic rings. The van der Waals surface area contributed by atoms with Gasteiger partial charge in [0.05, 0.1) is 24.0 Å². The van der Waals surface area contributed by atoms with Crippen LogP contribution in [-0.2, 0) is 20.2 Å². The summed E-state index contributed by atoms with van der Waals surface area (Å²) in [5.41, 5.74) is 4.40. The predicted octanol–water partition coefficient (Wildman–Crippen LogP) is 4.62. The second kappa shape index (κ2) is 8.67. The molecule has 0 radical (unpaired) electrons. The van der Waals surface area contributed by atoms with Crippen LogP contribution < -0.4 is 9.47 Å². The van der Waals surface area contributed by atoms with Gasteiger partial charge in [-0.05, 0) is 48.9 Å². The zero-order chi connectivity index (χ0) is 22.1. The van der Waals surface area contributed by atoms with Crippen molar-refractivity contribution in [3.8, 4) is 11.5 Å². The highest BCUT2D eigenvalue weighted by Gasteiger charge is 2.26. The molecular weight excluding hydrogens is 407 g/mol. The molecule has 1 N–H and O–H groups in total. The number of methoxy groups -OCH3 is 1. The maximum absolute atomic E-state index is 13.7. The highest BCUT2D eigenvalue weighted by Crippen LogP contribution is 2.31. The normalized spacial score (nSPS) is 16.7. The summed E-state index contributed by atoms with van der Waals surface area (Å²) in [5.74, 6) is 1.15. The second-order valence-corrected chi connectivity index (χ2v) is 8.41. The Morgan fingerprint density at radius 3 is 2.91 bits per heavy atom. The number of H-pyrrole nitrogens is 1. The van der Waals surface area contributed by atoms with Gasteiger partial charge in [-0.3, -0.25) is 10.00 Å². The maximum Gasteiger partial charge on any atom is 0.165 e. The molecule has 0 spiro atoms. The number of hydrogen-bond donors (Lipinski definition) is 1. The van der Waals surface area contributed by atoms with Crippen molar-refractivity contribution in [3.05, 3.63) is 77.5 Å². The van der Waals surface area contributed by atoms with Crippen LogP contribution in [-0.4, -0.2) is 39.9 Å². The van der Waals surface area contributed by atoms with Gasteiger partial charge < -0.3 is 14.0 Å². The van der Waals surface area contributed by atoms with Gasteiger partial charge >= 0.3 is 0 Å². The van der Waals surface area contributed by atoms with Gasteiger partial charge in [-0.2, -0.15) is 5.10 Å². The average Bonchev–Trinajstić information content (AvgIpc) is 3.53. The van der Waals surface area contributed by atoms with Crippen molar-refractivity contribution in [2.24, 2.45) is 7.05 Å². The van der Waals surface area contributed by atoms with E-state index in [1.807, 2.05) is 12.1 Å². The van der Waals surface area contributed by atoms with E-state index in [9.17, 15) is 4.39 Å². The fourth-order valence-corrected chi connectivity index (χ4v) is 4.54. The van der Waals surface area contributed by atoms with Crippen molar-refractivity contribution < 1.29 is 13.9 Å². The summed E-state index contributed by atoms with van der Waals surface area (Å²) in [6.07, 6.45) is 3.28. The number of likely N-dealkylation sites (tertiary alicyclic amines) is 1. The van der Waals surface area contributed by atoms with E-state index in [0.29, 0.717) is 5.92 Å². The van der Waals surface area contributed by atoms with Crippen molar-refractivity contribution in [1.82, 2.24) is 19.7 Å². The lowest BCUT2D eigenvalue weighted by molar-refractivity contribution is 0.286. The molecule has 0 aliphatic carbocycles. The van der Waals surface area contributed by atoms with Crippen molar-refractivity contribution in [1.29, 1.82) is 0 Å². The highest BCUT2D eigenvalue weighted by molar-refractivity contribution is 5.85. The van der Waals surface area contributed by atoms with Crippen LogP contribution >= 0.6 is 0 Å². The maximum atomic E-state index is 13.7. The van der Waals surface area contributed by atoms with E-state index in [4.69, 9.17) is 9.47 Å². The number of para-hydroxylation sites is 1. The molecule has 0 bridgehead atoms. The number of aryl methyl sites for hydroxylation is 1. The second-order valence-electron chi connectivity index (χ2n) is 8.41. The molecule has 166 valence electrons. The number of nitrogens with one attached hydrogen (secondary N) is 1. The van der Waals surface area contributed by atoms with Gasteiger partial charge in [0.2, 0.25) is 0 Å². The van der Waals surface area contributed by atoms with Crippen LogP contribution in [0.3, 0.4) is 0 Å². The van der Waals surface area contributed by atoms with Crippen LogP contribution in [0.4, 0.5) is 4.39 Å². The average molecular weight is 435 g/mol. The van der Waals surface area contributed by atoms with Gasteiger partial charge in [0.15, 0.2) is 11.6 Å². The first-order valence-electron chi connectivity index (χ1n) is 10.9. The van der Waals surface area contributed by atoms with E-state index in [1.54, 1.807) is 25.3 Å². The summed E-state index contributed by atoms with van der Waals surface area (Å²) in [4.78, 5) is 2.48. The fourth-order valence-electron chi connectivity index (χ4n) is 4.54. The molecule has 3 heterocycles. The molecule has 1 aliphatic heterocycles. The molecular formula is C25H27FN4O2. The van der Waals surface area contributed by atoms with Crippen LogP contribution in [0.25, 0.3) is 10.9 Å². The SMILES string of the molecule is COc1ccc2c(CN3CC[C@@H](c4cc(COc5ccccc5F)[nH]n4)C3)cn(C)c2c1. The van der Waals surface area contributed by atoms with Gasteiger partial charge in [0.25, 0.3) is 0 Å². The molecule has 0 amide bonds. The first-order chi connectivity index (χ1) is 15.6. The Hall–Kier alpha value is -3.32. The zero-order valence-corrected chi connectivity index (χ0v) is 18.3. The Morgan fingerprint density at radius 1 is 1.19 bits per heavy atom. The van der Waals surface area contributed by atoms with E-state index in [2.05, 4.69) is 45.0 Å². The first kappa shape index (κ1) is 20.6. The molecule has 0 saturated carbocycles. The van der Waals surface area contributed by atoms with Gasteiger partial charge in [0.1, 0.15) is 12.4 Å². The summed E-state index contributed by atoms with van der Waals surface area (Å²) >= 11 is 0. The number of rotatable bonds is 7. The van der Waals surface area contributed by atoms with Crippen LogP contribution in [0.1, 0.15) is 29.3 Å². The number of ether oxygens (including phenoxy) is 2. The van der Waals surface area contributed by atoms with Crippen LogP contribution in [0, 0.1) is 5.82 Å². The summed E-state index contributed by atoms with van der Waals surface area (Å²) in [7, 11) is 3.77. The standard InChI is InChI=1S/C25H27FN4O2/c1-29-13-18(21-8-7-20(31-2)12-24(21)29)15-30-10-9-17(14-30)23-11-19(27-28-23)16-32-25-6-4-3-5-22(25)26/h3-8,11-13,17H,9-10,14-16H2,1-2H3,(H,27,28)/t17-/m1/s1. The molecule has 2 aromatic heterocycles. The van der Waals surface area contributed by atoms with Gasteiger partial charge in [-0.25, -0.2) is 4.39 Å². The Labute approximate surface area is 186 Å². The van der Waals surface area contributed by atoms with Crippen molar-refractivity contribution >= 4 is 10.9 Å². The molecule has 6 nitrogen and oxygen atoms in total. The van der Waals surface area contributed by atoms with E-state index in [0.717, 1.165) is 43.2 Å². The number of nitrogens with zero attached hydrogens (tertiary/aromatic N) is 3. The number of fused-ring (bicyclic) bond motifs is 1.